The summed E-state index contributed by atoms with van der Waals surface area (Å²) in [7, 11) is 0. The molecule has 0 amide bonds. The van der Waals surface area contributed by atoms with Crippen molar-refractivity contribution in [2.45, 2.75) is 20.8 Å². The van der Waals surface area contributed by atoms with E-state index >= 15 is 0 Å². The summed E-state index contributed by atoms with van der Waals surface area (Å²) in [5.41, 5.74) is 8.45. The van der Waals surface area contributed by atoms with Gasteiger partial charge in [-0.1, -0.05) is 47.5 Å². The fraction of sp³-hybridized carbons (Fsp3) is 0.176. The highest BCUT2D eigenvalue weighted by Crippen LogP contribution is 2.15. The normalized spacial score (nSPS) is 10.6. The summed E-state index contributed by atoms with van der Waals surface area (Å²) < 4.78 is 0. The molecule has 0 aliphatic rings. The number of hydrogen-bond acceptors (Lipinski definition) is 2. The summed E-state index contributed by atoms with van der Waals surface area (Å²) in [6.45, 7) is 6.17. The summed E-state index contributed by atoms with van der Waals surface area (Å²) in [5, 5.41) is 7.77. The van der Waals surface area contributed by atoms with Crippen LogP contribution in [0.25, 0.3) is 0 Å². The minimum atomic E-state index is 0.478. The highest BCUT2D eigenvalue weighted by Gasteiger charge is 2.00. The quantitative estimate of drug-likeness (QED) is 0.512. The van der Waals surface area contributed by atoms with Gasteiger partial charge in [-0.15, -0.1) is 0 Å². The Bertz CT molecular complexity index is 677. The van der Waals surface area contributed by atoms with Crippen LogP contribution >= 0.6 is 12.2 Å². The monoisotopic (exact) mass is 297 g/mol. The number of thiocarbonyl (C=S) groups is 1. The van der Waals surface area contributed by atoms with Gasteiger partial charge in [0.05, 0.1) is 6.21 Å². The minimum absolute atomic E-state index is 0.478. The standard InChI is InChI=1S/C17H19N3S/c1-12-5-4-6-15(10-12)11-18-20-17(21)19-16-8-7-13(2)9-14(16)3/h4-11H,1-3H3,(H2,19,20,21). The van der Waals surface area contributed by atoms with E-state index in [9.17, 15) is 0 Å². The van der Waals surface area contributed by atoms with Gasteiger partial charge < -0.3 is 5.32 Å². The Hall–Kier alpha value is -2.20. The zero-order valence-corrected chi connectivity index (χ0v) is 13.3. The number of nitrogens with zero attached hydrogens (tertiary/aromatic N) is 1. The van der Waals surface area contributed by atoms with Crippen molar-refractivity contribution in [3.63, 3.8) is 0 Å². The predicted octanol–water partition coefficient (Wildman–Crippen LogP) is 3.93. The number of hydrazone groups is 1. The molecule has 0 spiro atoms. The van der Waals surface area contributed by atoms with Gasteiger partial charge in [0.2, 0.25) is 0 Å². The molecule has 0 aromatic heterocycles. The first-order chi connectivity index (χ1) is 10.0. The Morgan fingerprint density at radius 3 is 2.52 bits per heavy atom. The van der Waals surface area contributed by atoms with Crippen molar-refractivity contribution < 1.29 is 0 Å². The molecule has 108 valence electrons. The van der Waals surface area contributed by atoms with E-state index in [1.165, 1.54) is 11.1 Å². The van der Waals surface area contributed by atoms with Crippen LogP contribution in [0.2, 0.25) is 0 Å². The molecule has 4 heteroatoms. The Morgan fingerprint density at radius 2 is 1.81 bits per heavy atom. The van der Waals surface area contributed by atoms with Crippen molar-refractivity contribution in [2.24, 2.45) is 5.10 Å². The molecule has 21 heavy (non-hydrogen) atoms. The molecule has 0 bridgehead atoms. The van der Waals surface area contributed by atoms with Crippen molar-refractivity contribution in [1.29, 1.82) is 0 Å². The zero-order valence-electron chi connectivity index (χ0n) is 12.5. The summed E-state index contributed by atoms with van der Waals surface area (Å²) in [6.07, 6.45) is 1.75. The zero-order chi connectivity index (χ0) is 15.2. The topological polar surface area (TPSA) is 36.4 Å². The molecule has 0 radical (unpaired) electrons. The minimum Gasteiger partial charge on any atom is -0.331 e. The van der Waals surface area contributed by atoms with E-state index in [-0.39, 0.29) is 0 Å². The van der Waals surface area contributed by atoms with Crippen LogP contribution in [0.1, 0.15) is 22.3 Å². The largest absolute Gasteiger partial charge is 0.331 e. The molecule has 0 fully saturated rings. The number of nitrogens with one attached hydrogen (secondary N) is 2. The Kier molecular flexibility index (Phi) is 5.06. The molecule has 0 heterocycles. The van der Waals surface area contributed by atoms with Crippen molar-refractivity contribution in [2.75, 3.05) is 5.32 Å². The number of rotatable bonds is 3. The van der Waals surface area contributed by atoms with E-state index in [1.54, 1.807) is 6.21 Å². The lowest BCUT2D eigenvalue weighted by Gasteiger charge is -2.10. The van der Waals surface area contributed by atoms with Crippen LogP contribution in [-0.2, 0) is 0 Å². The number of aryl methyl sites for hydroxylation is 3. The summed E-state index contributed by atoms with van der Waals surface area (Å²) in [6, 6.07) is 14.3. The average Bonchev–Trinajstić information content (AvgIpc) is 2.42. The number of anilines is 1. The third-order valence-electron chi connectivity index (χ3n) is 3.05. The first-order valence-electron chi connectivity index (χ1n) is 6.78. The second kappa shape index (κ2) is 6.99. The maximum atomic E-state index is 5.23. The lowest BCUT2D eigenvalue weighted by molar-refractivity contribution is 1.05. The van der Waals surface area contributed by atoms with E-state index in [2.05, 4.69) is 47.9 Å². The van der Waals surface area contributed by atoms with Gasteiger partial charge >= 0.3 is 0 Å². The van der Waals surface area contributed by atoms with E-state index < -0.39 is 0 Å². The molecule has 0 saturated carbocycles. The molecular weight excluding hydrogens is 278 g/mol. The SMILES string of the molecule is Cc1cccc(C=NNC(=S)Nc2ccc(C)cc2C)c1. The second-order valence-corrected chi connectivity index (χ2v) is 5.46. The summed E-state index contributed by atoms with van der Waals surface area (Å²) in [5.74, 6) is 0. The van der Waals surface area contributed by atoms with Gasteiger partial charge in [0.25, 0.3) is 0 Å². The van der Waals surface area contributed by atoms with E-state index in [0.717, 1.165) is 16.8 Å². The Balaban J connectivity index is 1.93. The van der Waals surface area contributed by atoms with Crippen LogP contribution in [0.3, 0.4) is 0 Å². The summed E-state index contributed by atoms with van der Waals surface area (Å²) in [4.78, 5) is 0. The van der Waals surface area contributed by atoms with Crippen LogP contribution in [0.15, 0.2) is 47.6 Å². The maximum absolute atomic E-state index is 5.23. The average molecular weight is 297 g/mol. The van der Waals surface area contributed by atoms with E-state index in [1.807, 2.05) is 31.2 Å². The molecule has 0 unspecified atom stereocenters. The number of hydrogen-bond donors (Lipinski definition) is 2. The maximum Gasteiger partial charge on any atom is 0.191 e. The first kappa shape index (κ1) is 15.2. The lowest BCUT2D eigenvalue weighted by Crippen LogP contribution is -2.24. The Labute approximate surface area is 131 Å². The van der Waals surface area contributed by atoms with Crippen LogP contribution < -0.4 is 10.7 Å². The van der Waals surface area contributed by atoms with Gasteiger partial charge in [-0.25, -0.2) is 0 Å². The fourth-order valence-electron chi connectivity index (χ4n) is 2.02. The Morgan fingerprint density at radius 1 is 1.05 bits per heavy atom. The van der Waals surface area contributed by atoms with Crippen molar-refractivity contribution in [3.8, 4) is 0 Å². The third-order valence-corrected chi connectivity index (χ3v) is 3.25. The molecule has 0 aliphatic heterocycles. The molecule has 2 N–H and O–H groups in total. The van der Waals surface area contributed by atoms with Crippen LogP contribution in [0.4, 0.5) is 5.69 Å². The highest BCUT2D eigenvalue weighted by atomic mass is 32.1. The van der Waals surface area contributed by atoms with Crippen molar-refractivity contribution in [3.05, 3.63) is 64.7 Å². The molecule has 0 aliphatic carbocycles. The third kappa shape index (κ3) is 4.68. The van der Waals surface area contributed by atoms with Gasteiger partial charge in [0, 0.05) is 5.69 Å². The summed E-state index contributed by atoms with van der Waals surface area (Å²) >= 11 is 5.23. The second-order valence-electron chi connectivity index (χ2n) is 5.06. The highest BCUT2D eigenvalue weighted by molar-refractivity contribution is 7.80. The van der Waals surface area contributed by atoms with Crippen LogP contribution in [0, 0.1) is 20.8 Å². The molecule has 0 atom stereocenters. The predicted molar refractivity (Wildman–Crippen MR) is 94.0 cm³/mol. The smallest absolute Gasteiger partial charge is 0.191 e. The molecule has 2 aromatic rings. The lowest BCUT2D eigenvalue weighted by atomic mass is 10.1. The van der Waals surface area contributed by atoms with Crippen molar-refractivity contribution >= 4 is 29.2 Å². The van der Waals surface area contributed by atoms with E-state index in [4.69, 9.17) is 12.2 Å². The van der Waals surface area contributed by atoms with Crippen molar-refractivity contribution in [1.82, 2.24) is 5.43 Å². The van der Waals surface area contributed by atoms with E-state index in [0.29, 0.717) is 5.11 Å². The molecule has 2 rings (SSSR count). The molecule has 0 saturated heterocycles. The first-order valence-corrected chi connectivity index (χ1v) is 7.19. The van der Waals surface area contributed by atoms with Gasteiger partial charge in [-0.3, -0.25) is 5.43 Å². The van der Waals surface area contributed by atoms with Gasteiger partial charge in [0.1, 0.15) is 0 Å². The van der Waals surface area contributed by atoms with Crippen LogP contribution in [-0.4, -0.2) is 11.3 Å². The van der Waals surface area contributed by atoms with Crippen LogP contribution in [0.5, 0.6) is 0 Å². The molecule has 3 nitrogen and oxygen atoms in total. The molecular formula is C17H19N3S. The molecule has 2 aromatic carbocycles. The van der Waals surface area contributed by atoms with Gasteiger partial charge in [-0.05, 0) is 50.2 Å². The van der Waals surface area contributed by atoms with Gasteiger partial charge in [0.15, 0.2) is 5.11 Å². The fourth-order valence-corrected chi connectivity index (χ4v) is 2.18. The van der Waals surface area contributed by atoms with Gasteiger partial charge in [-0.2, -0.15) is 5.10 Å². The number of benzene rings is 2.